The fourth-order valence-corrected chi connectivity index (χ4v) is 3.46. The summed E-state index contributed by atoms with van der Waals surface area (Å²) in [6, 6.07) is 2.78. The first-order chi connectivity index (χ1) is 9.14. The zero-order valence-corrected chi connectivity index (χ0v) is 12.0. The first kappa shape index (κ1) is 14.8. The molecule has 108 valence electrons. The molecule has 1 N–H and O–H groups in total. The molecular formula is C15H26N2O2. The van der Waals surface area contributed by atoms with Crippen LogP contribution in [-0.4, -0.2) is 48.5 Å². The Kier molecular flexibility index (Phi) is 5.20. The van der Waals surface area contributed by atoms with Gasteiger partial charge in [-0.3, -0.25) is 4.90 Å². The van der Waals surface area contributed by atoms with Crippen molar-refractivity contribution in [1.82, 2.24) is 4.90 Å². The second-order valence-corrected chi connectivity index (χ2v) is 6.19. The van der Waals surface area contributed by atoms with E-state index in [9.17, 15) is 10.4 Å². The molecule has 0 spiro atoms. The molecule has 1 aliphatic heterocycles. The zero-order chi connectivity index (χ0) is 13.7. The van der Waals surface area contributed by atoms with Crippen LogP contribution in [0.5, 0.6) is 0 Å². The standard InChI is InChI=1S/C15H26N2O2/c1-17(12-15(18)7-9-19-10-8-15)14-6-4-2-3-5-13(14)11-16/h13-14,18H,2-10,12H2,1H3. The summed E-state index contributed by atoms with van der Waals surface area (Å²) in [5.41, 5.74) is -0.626. The molecule has 2 atom stereocenters. The number of hydrogen-bond acceptors (Lipinski definition) is 4. The van der Waals surface area contributed by atoms with Gasteiger partial charge in [-0.2, -0.15) is 5.26 Å². The minimum atomic E-state index is -0.626. The van der Waals surface area contributed by atoms with E-state index in [4.69, 9.17) is 4.74 Å². The first-order valence-corrected chi connectivity index (χ1v) is 7.55. The Labute approximate surface area is 116 Å². The zero-order valence-electron chi connectivity index (χ0n) is 12.0. The minimum absolute atomic E-state index is 0.121. The van der Waals surface area contributed by atoms with Crippen molar-refractivity contribution >= 4 is 0 Å². The van der Waals surface area contributed by atoms with Crippen LogP contribution in [0, 0.1) is 17.2 Å². The number of rotatable bonds is 3. The van der Waals surface area contributed by atoms with Gasteiger partial charge >= 0.3 is 0 Å². The van der Waals surface area contributed by atoms with Crippen LogP contribution in [0.2, 0.25) is 0 Å². The molecule has 0 aromatic heterocycles. The third-order valence-electron chi connectivity index (χ3n) is 4.68. The van der Waals surface area contributed by atoms with Crippen LogP contribution in [0.4, 0.5) is 0 Å². The Hall–Kier alpha value is -0.630. The molecule has 4 heteroatoms. The first-order valence-electron chi connectivity index (χ1n) is 7.55. The highest BCUT2D eigenvalue weighted by Crippen LogP contribution is 2.29. The van der Waals surface area contributed by atoms with Gasteiger partial charge in [-0.15, -0.1) is 0 Å². The molecule has 19 heavy (non-hydrogen) atoms. The summed E-state index contributed by atoms with van der Waals surface area (Å²) in [5, 5.41) is 19.9. The lowest BCUT2D eigenvalue weighted by molar-refractivity contribution is -0.0833. The fourth-order valence-electron chi connectivity index (χ4n) is 3.46. The molecule has 0 aromatic rings. The predicted molar refractivity (Wildman–Crippen MR) is 73.6 cm³/mol. The number of ether oxygens (including phenoxy) is 1. The van der Waals surface area contributed by atoms with Gasteiger partial charge in [-0.1, -0.05) is 19.3 Å². The fraction of sp³-hybridized carbons (Fsp3) is 0.933. The van der Waals surface area contributed by atoms with Gasteiger partial charge in [-0.05, 0) is 19.9 Å². The highest BCUT2D eigenvalue weighted by atomic mass is 16.5. The van der Waals surface area contributed by atoms with Crippen molar-refractivity contribution in [2.45, 2.75) is 56.6 Å². The molecule has 0 amide bonds. The van der Waals surface area contributed by atoms with Gasteiger partial charge in [-0.25, -0.2) is 0 Å². The summed E-state index contributed by atoms with van der Waals surface area (Å²) in [6.45, 7) is 1.96. The quantitative estimate of drug-likeness (QED) is 0.793. The number of nitrogens with zero attached hydrogens (tertiary/aromatic N) is 2. The molecule has 0 bridgehead atoms. The van der Waals surface area contributed by atoms with E-state index in [1.807, 2.05) is 0 Å². The van der Waals surface area contributed by atoms with Gasteiger partial charge in [0.25, 0.3) is 0 Å². The molecule has 4 nitrogen and oxygen atoms in total. The molecule has 1 aliphatic carbocycles. The Bertz CT molecular complexity index is 321. The number of likely N-dealkylation sites (N-methyl/N-ethyl adjacent to an activating group) is 1. The van der Waals surface area contributed by atoms with E-state index < -0.39 is 5.60 Å². The second-order valence-electron chi connectivity index (χ2n) is 6.19. The lowest BCUT2D eigenvalue weighted by Gasteiger charge is -2.39. The molecule has 1 saturated carbocycles. The number of aliphatic hydroxyl groups is 1. The average Bonchev–Trinajstić information content (AvgIpc) is 2.64. The van der Waals surface area contributed by atoms with Crippen molar-refractivity contribution in [3.05, 3.63) is 0 Å². The van der Waals surface area contributed by atoms with E-state index in [1.54, 1.807) is 0 Å². The summed E-state index contributed by atoms with van der Waals surface area (Å²) in [7, 11) is 2.06. The molecule has 2 fully saturated rings. The summed E-state index contributed by atoms with van der Waals surface area (Å²) in [4.78, 5) is 2.23. The average molecular weight is 266 g/mol. The van der Waals surface area contributed by atoms with E-state index in [0.717, 1.165) is 12.8 Å². The van der Waals surface area contributed by atoms with Crippen molar-refractivity contribution in [1.29, 1.82) is 5.26 Å². The second kappa shape index (κ2) is 6.69. The molecular weight excluding hydrogens is 240 g/mol. The van der Waals surface area contributed by atoms with Crippen molar-refractivity contribution in [2.24, 2.45) is 5.92 Å². The van der Waals surface area contributed by atoms with Crippen molar-refractivity contribution in [2.75, 3.05) is 26.8 Å². The maximum Gasteiger partial charge on any atom is 0.0817 e. The lowest BCUT2D eigenvalue weighted by Crippen LogP contribution is -2.50. The van der Waals surface area contributed by atoms with Crippen molar-refractivity contribution in [3.8, 4) is 6.07 Å². The summed E-state index contributed by atoms with van der Waals surface area (Å²) in [6.07, 6.45) is 7.12. The highest BCUT2D eigenvalue weighted by molar-refractivity contribution is 4.96. The maximum atomic E-state index is 10.6. The third kappa shape index (κ3) is 3.92. The van der Waals surface area contributed by atoms with Crippen LogP contribution in [-0.2, 0) is 4.74 Å². The van der Waals surface area contributed by atoms with Gasteiger partial charge in [0.1, 0.15) is 0 Å². The highest BCUT2D eigenvalue weighted by Gasteiger charge is 2.35. The van der Waals surface area contributed by atoms with E-state index >= 15 is 0 Å². The summed E-state index contributed by atoms with van der Waals surface area (Å²) in [5.74, 6) is 0.121. The molecule has 1 saturated heterocycles. The van der Waals surface area contributed by atoms with Crippen LogP contribution in [0.3, 0.4) is 0 Å². The van der Waals surface area contributed by atoms with Gasteiger partial charge < -0.3 is 9.84 Å². The third-order valence-corrected chi connectivity index (χ3v) is 4.68. The van der Waals surface area contributed by atoms with Crippen LogP contribution in [0.1, 0.15) is 44.9 Å². The van der Waals surface area contributed by atoms with Gasteiger partial charge in [0, 0.05) is 38.6 Å². The predicted octanol–water partition coefficient (Wildman–Crippen LogP) is 1.93. The van der Waals surface area contributed by atoms with Gasteiger partial charge in [0.15, 0.2) is 0 Å². The largest absolute Gasteiger partial charge is 0.388 e. The number of nitriles is 1. The van der Waals surface area contributed by atoms with Crippen LogP contribution in [0.15, 0.2) is 0 Å². The summed E-state index contributed by atoms with van der Waals surface area (Å²) >= 11 is 0. The minimum Gasteiger partial charge on any atom is -0.388 e. The van der Waals surface area contributed by atoms with E-state index in [-0.39, 0.29) is 5.92 Å². The van der Waals surface area contributed by atoms with Crippen LogP contribution in [0.25, 0.3) is 0 Å². The Morgan fingerprint density at radius 2 is 1.95 bits per heavy atom. The molecule has 0 aromatic carbocycles. The van der Waals surface area contributed by atoms with E-state index in [1.165, 1.54) is 19.3 Å². The molecule has 2 unspecified atom stereocenters. The van der Waals surface area contributed by atoms with Crippen LogP contribution >= 0.6 is 0 Å². The molecule has 2 aliphatic rings. The Morgan fingerprint density at radius 3 is 2.63 bits per heavy atom. The monoisotopic (exact) mass is 266 g/mol. The maximum absolute atomic E-state index is 10.6. The SMILES string of the molecule is CN(CC1(O)CCOCC1)C1CCCCCC1C#N. The van der Waals surface area contributed by atoms with Crippen molar-refractivity contribution < 1.29 is 9.84 Å². The normalized spacial score (nSPS) is 31.7. The van der Waals surface area contributed by atoms with Crippen LogP contribution < -0.4 is 0 Å². The molecule has 1 heterocycles. The molecule has 0 radical (unpaired) electrons. The van der Waals surface area contributed by atoms with E-state index in [2.05, 4.69) is 18.0 Å². The summed E-state index contributed by atoms with van der Waals surface area (Å²) < 4.78 is 5.32. The Balaban J connectivity index is 1.96. The smallest absolute Gasteiger partial charge is 0.0817 e. The topological polar surface area (TPSA) is 56.5 Å². The number of hydrogen-bond donors (Lipinski definition) is 1. The lowest BCUT2D eigenvalue weighted by atomic mass is 9.90. The van der Waals surface area contributed by atoms with Crippen molar-refractivity contribution in [3.63, 3.8) is 0 Å². The van der Waals surface area contributed by atoms with Gasteiger partial charge in [0.05, 0.1) is 17.6 Å². The van der Waals surface area contributed by atoms with E-state index in [0.29, 0.717) is 38.6 Å². The van der Waals surface area contributed by atoms with Gasteiger partial charge in [0.2, 0.25) is 0 Å². The Morgan fingerprint density at radius 1 is 1.26 bits per heavy atom. The molecule has 2 rings (SSSR count).